The first-order chi connectivity index (χ1) is 22.7. The summed E-state index contributed by atoms with van der Waals surface area (Å²) in [6, 6.07) is 5.64. The summed E-state index contributed by atoms with van der Waals surface area (Å²) in [6.07, 6.45) is -2.45. The molecule has 1 unspecified atom stereocenters. The van der Waals surface area contributed by atoms with E-state index in [2.05, 4.69) is 38.0 Å². The van der Waals surface area contributed by atoms with Gasteiger partial charge in [0.1, 0.15) is 0 Å². The van der Waals surface area contributed by atoms with Crippen molar-refractivity contribution < 1.29 is 31.1 Å². The van der Waals surface area contributed by atoms with Crippen LogP contribution >= 0.6 is 0 Å². The number of rotatable bonds is 7. The molecule has 1 aromatic heterocycles. The number of aromatic nitrogens is 4. The molecule has 2 aliphatic carbocycles. The van der Waals surface area contributed by atoms with Gasteiger partial charge in [-0.2, -0.15) is 36.2 Å². The summed E-state index contributed by atoms with van der Waals surface area (Å²) >= 11 is 0. The quantitative estimate of drug-likeness (QED) is 0.215. The molecular formula is C33H38F6N8O. The number of carbonyl (C=O) groups excluding carboxylic acids is 1. The lowest BCUT2D eigenvalue weighted by Crippen LogP contribution is -2.42. The van der Waals surface area contributed by atoms with E-state index in [9.17, 15) is 31.1 Å². The molecule has 0 saturated heterocycles. The molecule has 9 nitrogen and oxygen atoms in total. The number of tetrazole rings is 1. The summed E-state index contributed by atoms with van der Waals surface area (Å²) in [6.45, 7) is 3.70. The largest absolute Gasteiger partial charge is 0.416 e. The third-order valence-electron chi connectivity index (χ3n) is 9.58. The highest BCUT2D eigenvalue weighted by Gasteiger charge is 2.39. The van der Waals surface area contributed by atoms with E-state index in [1.54, 1.807) is 23.2 Å². The van der Waals surface area contributed by atoms with Crippen LogP contribution in [0.25, 0.3) is 0 Å². The number of anilines is 1. The fourth-order valence-corrected chi connectivity index (χ4v) is 7.52. The number of alkyl halides is 6. The minimum atomic E-state index is -4.97. The number of amides is 1. The van der Waals surface area contributed by atoms with E-state index in [1.807, 2.05) is 13.8 Å². The Hall–Kier alpha value is -4.01. The average Bonchev–Trinajstić information content (AvgIpc) is 3.60. The third-order valence-corrected chi connectivity index (χ3v) is 9.58. The van der Waals surface area contributed by atoms with Gasteiger partial charge in [-0.05, 0) is 104 Å². The van der Waals surface area contributed by atoms with Gasteiger partial charge < -0.3 is 10.2 Å². The minimum absolute atomic E-state index is 0.0272. The van der Waals surface area contributed by atoms with E-state index in [4.69, 9.17) is 0 Å². The van der Waals surface area contributed by atoms with Gasteiger partial charge in [0.15, 0.2) is 0 Å². The molecule has 258 valence electrons. The van der Waals surface area contributed by atoms with Crippen LogP contribution in [0.5, 0.6) is 0 Å². The van der Waals surface area contributed by atoms with Gasteiger partial charge in [-0.25, -0.2) is 5.01 Å². The van der Waals surface area contributed by atoms with Crippen molar-refractivity contribution in [3.63, 3.8) is 0 Å². The monoisotopic (exact) mass is 676 g/mol. The molecule has 1 amide bonds. The lowest BCUT2D eigenvalue weighted by molar-refractivity contribution is -0.143. The second-order valence-electron chi connectivity index (χ2n) is 13.1. The summed E-state index contributed by atoms with van der Waals surface area (Å²) < 4.78 is 82.8. The number of fused-ring (bicyclic) bond motifs is 1. The summed E-state index contributed by atoms with van der Waals surface area (Å²) in [5, 5.41) is 22.2. The molecule has 48 heavy (non-hydrogen) atoms. The molecule has 3 aromatic rings. The summed E-state index contributed by atoms with van der Waals surface area (Å²) in [4.78, 5) is 15.1. The fraction of sp³-hybridized carbons (Fsp3) is 0.545. The lowest BCUT2D eigenvalue weighted by Gasteiger charge is -2.36. The molecule has 0 spiro atoms. The van der Waals surface area contributed by atoms with Crippen LogP contribution in [0, 0.1) is 13.8 Å². The normalized spacial score (nSPS) is 23.4. The van der Waals surface area contributed by atoms with E-state index in [1.165, 1.54) is 4.80 Å². The van der Waals surface area contributed by atoms with Gasteiger partial charge in [0.25, 0.3) is 5.95 Å². The van der Waals surface area contributed by atoms with E-state index >= 15 is 0 Å². The molecule has 1 saturated carbocycles. The molecule has 1 fully saturated rings. The van der Waals surface area contributed by atoms with Crippen molar-refractivity contribution in [2.24, 2.45) is 12.1 Å². The number of benzene rings is 2. The second kappa shape index (κ2) is 13.1. The molecule has 2 heterocycles. The van der Waals surface area contributed by atoms with Crippen LogP contribution in [0.3, 0.4) is 0 Å². The predicted octanol–water partition coefficient (Wildman–Crippen LogP) is 6.96. The zero-order chi connectivity index (χ0) is 34.4. The topological polar surface area (TPSA) is 91.5 Å². The zero-order valence-corrected chi connectivity index (χ0v) is 26.9. The Bertz CT molecular complexity index is 1640. The van der Waals surface area contributed by atoms with E-state index in [0.717, 1.165) is 72.9 Å². The molecule has 0 radical (unpaired) electrons. The highest BCUT2D eigenvalue weighted by Crippen LogP contribution is 2.43. The summed E-state index contributed by atoms with van der Waals surface area (Å²) in [5.41, 5.74) is 1.14. The number of halogens is 6. The molecule has 1 aliphatic heterocycles. The molecule has 3 aliphatic rings. The van der Waals surface area contributed by atoms with Crippen LogP contribution in [-0.4, -0.2) is 49.4 Å². The minimum Gasteiger partial charge on any atom is -0.327 e. The van der Waals surface area contributed by atoms with Crippen molar-refractivity contribution in [2.45, 2.75) is 108 Å². The Kier molecular flexibility index (Phi) is 9.26. The van der Waals surface area contributed by atoms with E-state index in [0.29, 0.717) is 12.8 Å². The van der Waals surface area contributed by atoms with Gasteiger partial charge in [0, 0.05) is 24.8 Å². The second-order valence-corrected chi connectivity index (χ2v) is 13.1. The average molecular weight is 677 g/mol. The number of nitrogens with zero attached hydrogens (tertiary/aromatic N) is 7. The molecule has 2 atom stereocenters. The number of hydrogen-bond acceptors (Lipinski definition) is 7. The molecule has 2 aromatic carbocycles. The van der Waals surface area contributed by atoms with Crippen LogP contribution < -0.4 is 10.2 Å². The predicted molar refractivity (Wildman–Crippen MR) is 166 cm³/mol. The Morgan fingerprint density at radius 3 is 2.19 bits per heavy atom. The SMILES string of the molecule is Cc1cc(C)c2c(c1)[C@@H](N(Cc1cc(C(F)(F)F)cc(C(F)(F)F)c1)c1nnn(C)n1)CCCC2NC1CCC(N2N=CCC2=O)CC1. The van der Waals surface area contributed by atoms with Crippen molar-refractivity contribution in [1.29, 1.82) is 0 Å². The Morgan fingerprint density at radius 2 is 1.60 bits per heavy atom. The van der Waals surface area contributed by atoms with Crippen molar-refractivity contribution in [3.8, 4) is 0 Å². The summed E-state index contributed by atoms with van der Waals surface area (Å²) in [7, 11) is 1.55. The van der Waals surface area contributed by atoms with Crippen molar-refractivity contribution in [1.82, 2.24) is 30.5 Å². The Labute approximate surface area is 274 Å². The van der Waals surface area contributed by atoms with Gasteiger partial charge in [0.05, 0.1) is 36.7 Å². The Balaban J connectivity index is 1.33. The smallest absolute Gasteiger partial charge is 0.327 e. The fourth-order valence-electron chi connectivity index (χ4n) is 7.52. The Morgan fingerprint density at radius 1 is 0.917 bits per heavy atom. The van der Waals surface area contributed by atoms with Crippen molar-refractivity contribution >= 4 is 18.1 Å². The maximum atomic E-state index is 13.8. The van der Waals surface area contributed by atoms with Crippen LogP contribution in [0.2, 0.25) is 0 Å². The van der Waals surface area contributed by atoms with Gasteiger partial charge in [-0.15, -0.1) is 5.10 Å². The molecule has 6 rings (SSSR count). The standard InChI is InChI=1S/C33H38F6N8O/c1-19-13-20(2)30-26(14-19)28(6-4-5-27(30)41-24-7-9-25(10-8-24)47-29(48)11-12-40-47)46(31-42-44-45(3)43-31)18-21-15-22(32(34,35)36)17-23(16-21)33(37,38)39/h12-17,24-25,27-28,41H,4-11,18H2,1-3H3/t24?,25?,27?,28-/m0/s1. The van der Waals surface area contributed by atoms with E-state index in [-0.39, 0.29) is 48.2 Å². The maximum absolute atomic E-state index is 13.8. The highest BCUT2D eigenvalue weighted by atomic mass is 19.4. The first kappa shape index (κ1) is 33.9. The number of aryl methyl sites for hydroxylation is 3. The van der Waals surface area contributed by atoms with Crippen LogP contribution in [0.15, 0.2) is 35.4 Å². The van der Waals surface area contributed by atoms with Crippen LogP contribution in [-0.2, 0) is 30.7 Å². The zero-order valence-electron chi connectivity index (χ0n) is 26.9. The molecule has 0 bridgehead atoms. The third kappa shape index (κ3) is 7.20. The highest BCUT2D eigenvalue weighted by molar-refractivity contribution is 5.94. The maximum Gasteiger partial charge on any atom is 0.416 e. The van der Waals surface area contributed by atoms with Gasteiger partial charge in [0.2, 0.25) is 5.91 Å². The van der Waals surface area contributed by atoms with Gasteiger partial charge in [-0.1, -0.05) is 22.8 Å². The van der Waals surface area contributed by atoms with Crippen molar-refractivity contribution in [2.75, 3.05) is 4.90 Å². The van der Waals surface area contributed by atoms with E-state index < -0.39 is 29.5 Å². The first-order valence-electron chi connectivity index (χ1n) is 16.2. The number of carbonyl (C=O) groups is 1. The molecule has 1 N–H and O–H groups in total. The van der Waals surface area contributed by atoms with Crippen molar-refractivity contribution in [3.05, 3.63) is 69.3 Å². The first-order valence-corrected chi connectivity index (χ1v) is 16.2. The van der Waals surface area contributed by atoms with Gasteiger partial charge in [-0.3, -0.25) is 4.79 Å². The number of nitrogens with one attached hydrogen (secondary N) is 1. The van der Waals surface area contributed by atoms with Gasteiger partial charge >= 0.3 is 12.4 Å². The molecular weight excluding hydrogens is 638 g/mol. The summed E-state index contributed by atoms with van der Waals surface area (Å²) in [5.74, 6) is 0.144. The number of hydrazone groups is 1. The lowest BCUT2D eigenvalue weighted by atomic mass is 9.87. The van der Waals surface area contributed by atoms with Crippen LogP contribution in [0.4, 0.5) is 32.3 Å². The van der Waals surface area contributed by atoms with Crippen LogP contribution in [0.1, 0.15) is 102 Å². The molecule has 15 heteroatoms. The number of hydrogen-bond donors (Lipinski definition) is 1.